The van der Waals surface area contributed by atoms with Gasteiger partial charge in [-0.2, -0.15) is 0 Å². The molecule has 0 aromatic rings. The molecule has 124 valence electrons. The second-order valence-corrected chi connectivity index (χ2v) is 7.02. The number of carbonyl (C=O) groups is 2. The van der Waals surface area contributed by atoms with E-state index in [4.69, 9.17) is 5.73 Å². The van der Waals surface area contributed by atoms with Crippen LogP contribution >= 0.6 is 12.4 Å². The van der Waals surface area contributed by atoms with Gasteiger partial charge < -0.3 is 16.0 Å². The summed E-state index contributed by atoms with van der Waals surface area (Å²) < 4.78 is 0. The summed E-state index contributed by atoms with van der Waals surface area (Å²) in [5.74, 6) is -0.0885. The van der Waals surface area contributed by atoms with Crippen molar-refractivity contribution in [3.63, 3.8) is 0 Å². The van der Waals surface area contributed by atoms with Gasteiger partial charge in [0.25, 0.3) is 0 Å². The zero-order valence-electron chi connectivity index (χ0n) is 13.6. The average molecular weight is 320 g/mol. The lowest BCUT2D eigenvalue weighted by Gasteiger charge is -2.38. The summed E-state index contributed by atoms with van der Waals surface area (Å²) in [7, 11) is 0. The lowest BCUT2D eigenvalue weighted by atomic mass is 9.92. The molecule has 0 aromatic heterocycles. The van der Waals surface area contributed by atoms with Gasteiger partial charge in [-0.1, -0.05) is 20.8 Å². The maximum absolute atomic E-state index is 12.2. The molecular weight excluding hydrogens is 290 g/mol. The fourth-order valence-electron chi connectivity index (χ4n) is 2.63. The molecule has 5 nitrogen and oxygen atoms in total. The minimum absolute atomic E-state index is 0. The number of nitrogens with zero attached hydrogens (tertiary/aromatic N) is 1. The lowest BCUT2D eigenvalue weighted by molar-refractivity contribution is -0.136. The number of hydrogen-bond acceptors (Lipinski definition) is 3. The van der Waals surface area contributed by atoms with Gasteiger partial charge >= 0.3 is 0 Å². The maximum Gasteiger partial charge on any atom is 0.242 e. The minimum Gasteiger partial charge on any atom is -0.347 e. The molecule has 1 saturated heterocycles. The topological polar surface area (TPSA) is 75.4 Å². The Morgan fingerprint density at radius 2 is 1.95 bits per heavy atom. The monoisotopic (exact) mass is 319 g/mol. The molecule has 0 aliphatic carbocycles. The molecular formula is C15H30ClN3O2. The summed E-state index contributed by atoms with van der Waals surface area (Å²) in [5, 5.41) is 2.72. The molecule has 1 heterocycles. The van der Waals surface area contributed by atoms with Crippen molar-refractivity contribution in [1.29, 1.82) is 0 Å². The van der Waals surface area contributed by atoms with Crippen LogP contribution in [0.2, 0.25) is 0 Å². The van der Waals surface area contributed by atoms with E-state index in [9.17, 15) is 9.59 Å². The first kappa shape index (κ1) is 20.2. The van der Waals surface area contributed by atoms with Gasteiger partial charge in [-0.15, -0.1) is 12.4 Å². The molecule has 3 N–H and O–H groups in total. The van der Waals surface area contributed by atoms with Crippen LogP contribution in [-0.4, -0.2) is 41.9 Å². The van der Waals surface area contributed by atoms with Crippen LogP contribution in [0.3, 0.4) is 0 Å². The predicted octanol–water partition coefficient (Wildman–Crippen LogP) is 1.69. The molecule has 21 heavy (non-hydrogen) atoms. The summed E-state index contributed by atoms with van der Waals surface area (Å²) >= 11 is 0. The SMILES string of the molecule is CC(N)C1CCCCN1C(=O)CNC(=O)CC(C)(C)C.Cl. The molecule has 0 bridgehead atoms. The van der Waals surface area contributed by atoms with E-state index in [1.54, 1.807) is 0 Å². The highest BCUT2D eigenvalue weighted by atomic mass is 35.5. The van der Waals surface area contributed by atoms with E-state index in [-0.39, 0.29) is 48.3 Å². The highest BCUT2D eigenvalue weighted by Crippen LogP contribution is 2.19. The third-order valence-corrected chi connectivity index (χ3v) is 3.60. The molecule has 1 aliphatic rings. The first-order valence-corrected chi connectivity index (χ1v) is 7.52. The van der Waals surface area contributed by atoms with Crippen molar-refractivity contribution < 1.29 is 9.59 Å². The van der Waals surface area contributed by atoms with Crippen molar-refractivity contribution in [3.8, 4) is 0 Å². The molecule has 6 heteroatoms. The van der Waals surface area contributed by atoms with Gasteiger partial charge in [0.2, 0.25) is 11.8 Å². The van der Waals surface area contributed by atoms with Gasteiger partial charge in [-0.05, 0) is 31.6 Å². The molecule has 1 aliphatic heterocycles. The van der Waals surface area contributed by atoms with E-state index < -0.39 is 0 Å². The molecule has 2 amide bonds. The van der Waals surface area contributed by atoms with Crippen molar-refractivity contribution in [3.05, 3.63) is 0 Å². The molecule has 1 rings (SSSR count). The van der Waals surface area contributed by atoms with Gasteiger partial charge in [-0.25, -0.2) is 0 Å². The standard InChI is InChI=1S/C15H29N3O2.ClH/c1-11(16)12-7-5-6-8-18(12)14(20)10-17-13(19)9-15(2,3)4;/h11-12H,5-10,16H2,1-4H3,(H,17,19);1H. The minimum atomic E-state index is -0.0693. The van der Waals surface area contributed by atoms with E-state index in [0.717, 1.165) is 25.8 Å². The van der Waals surface area contributed by atoms with Crippen LogP contribution in [-0.2, 0) is 9.59 Å². The van der Waals surface area contributed by atoms with Crippen LogP contribution in [0, 0.1) is 5.41 Å². The lowest BCUT2D eigenvalue weighted by Crippen LogP contribution is -2.54. The quantitative estimate of drug-likeness (QED) is 0.828. The average Bonchev–Trinajstić information content (AvgIpc) is 2.33. The van der Waals surface area contributed by atoms with Gasteiger partial charge in [-0.3, -0.25) is 9.59 Å². The third-order valence-electron chi connectivity index (χ3n) is 3.60. The Labute approximate surface area is 134 Å². The Bertz CT molecular complexity index is 353. The normalized spacial score (nSPS) is 20.4. The van der Waals surface area contributed by atoms with E-state index in [1.165, 1.54) is 0 Å². The number of nitrogens with one attached hydrogen (secondary N) is 1. The predicted molar refractivity (Wildman–Crippen MR) is 87.3 cm³/mol. The van der Waals surface area contributed by atoms with Gasteiger partial charge in [0.05, 0.1) is 6.54 Å². The Balaban J connectivity index is 0.00000400. The fourth-order valence-corrected chi connectivity index (χ4v) is 2.63. The summed E-state index contributed by atoms with van der Waals surface area (Å²) in [5.41, 5.74) is 5.89. The zero-order chi connectivity index (χ0) is 15.3. The van der Waals surface area contributed by atoms with Crippen LogP contribution in [0.5, 0.6) is 0 Å². The van der Waals surface area contributed by atoms with Crippen molar-refractivity contribution in [2.75, 3.05) is 13.1 Å². The summed E-state index contributed by atoms with van der Waals surface area (Å²) in [6.45, 7) is 8.79. The second-order valence-electron chi connectivity index (χ2n) is 7.02. The number of carbonyl (C=O) groups excluding carboxylic acids is 2. The van der Waals surface area contributed by atoms with Crippen molar-refractivity contribution in [2.45, 2.75) is 65.5 Å². The molecule has 0 radical (unpaired) electrons. The van der Waals surface area contributed by atoms with Crippen molar-refractivity contribution in [1.82, 2.24) is 10.2 Å². The number of hydrogen-bond donors (Lipinski definition) is 2. The number of amides is 2. The first-order valence-electron chi connectivity index (χ1n) is 7.52. The fraction of sp³-hybridized carbons (Fsp3) is 0.867. The molecule has 1 fully saturated rings. The smallest absolute Gasteiger partial charge is 0.242 e. The second kappa shape index (κ2) is 8.59. The Kier molecular flexibility index (Phi) is 8.26. The Hall–Kier alpha value is -0.810. The number of nitrogens with two attached hydrogens (primary N) is 1. The summed E-state index contributed by atoms with van der Waals surface area (Å²) in [6, 6.07) is 0.0836. The van der Waals surface area contributed by atoms with Crippen molar-refractivity contribution in [2.24, 2.45) is 11.1 Å². The number of rotatable bonds is 4. The van der Waals surface area contributed by atoms with E-state index in [2.05, 4.69) is 5.32 Å². The van der Waals surface area contributed by atoms with Crippen LogP contribution in [0.4, 0.5) is 0 Å². The number of likely N-dealkylation sites (tertiary alicyclic amines) is 1. The first-order chi connectivity index (χ1) is 9.20. The van der Waals surface area contributed by atoms with Crippen molar-refractivity contribution >= 4 is 24.2 Å². The number of piperidine rings is 1. The van der Waals surface area contributed by atoms with Crippen LogP contribution < -0.4 is 11.1 Å². The molecule has 0 saturated carbocycles. The third kappa shape index (κ3) is 7.14. The summed E-state index contributed by atoms with van der Waals surface area (Å²) in [6.07, 6.45) is 3.52. The van der Waals surface area contributed by atoms with E-state index in [0.29, 0.717) is 6.42 Å². The molecule has 2 unspecified atom stereocenters. The van der Waals surface area contributed by atoms with Gasteiger partial charge in [0, 0.05) is 25.0 Å². The molecule has 0 spiro atoms. The van der Waals surface area contributed by atoms with Crippen LogP contribution in [0.15, 0.2) is 0 Å². The zero-order valence-corrected chi connectivity index (χ0v) is 14.5. The van der Waals surface area contributed by atoms with Crippen LogP contribution in [0.25, 0.3) is 0 Å². The van der Waals surface area contributed by atoms with E-state index in [1.807, 2.05) is 32.6 Å². The Morgan fingerprint density at radius 3 is 2.48 bits per heavy atom. The van der Waals surface area contributed by atoms with E-state index >= 15 is 0 Å². The van der Waals surface area contributed by atoms with Gasteiger partial charge in [0.1, 0.15) is 0 Å². The maximum atomic E-state index is 12.2. The van der Waals surface area contributed by atoms with Gasteiger partial charge in [0.15, 0.2) is 0 Å². The Morgan fingerprint density at radius 1 is 1.33 bits per heavy atom. The summed E-state index contributed by atoms with van der Waals surface area (Å²) in [4.78, 5) is 25.8. The molecule has 0 aromatic carbocycles. The van der Waals surface area contributed by atoms with Crippen LogP contribution in [0.1, 0.15) is 53.4 Å². The highest BCUT2D eigenvalue weighted by Gasteiger charge is 2.29. The highest BCUT2D eigenvalue weighted by molar-refractivity contribution is 5.85. The number of halogens is 1. The largest absolute Gasteiger partial charge is 0.347 e. The molecule has 2 atom stereocenters.